The molecular weight excluding hydrogens is 237 g/mol. The van der Waals surface area contributed by atoms with Crippen molar-refractivity contribution >= 4 is 11.8 Å². The van der Waals surface area contributed by atoms with E-state index in [0.717, 1.165) is 19.6 Å². The van der Waals surface area contributed by atoms with Crippen molar-refractivity contribution in [1.82, 2.24) is 9.80 Å². The number of piperazine rings is 1. The van der Waals surface area contributed by atoms with Crippen LogP contribution in [0.4, 0.5) is 13.2 Å². The maximum atomic E-state index is 12.0. The van der Waals surface area contributed by atoms with Crippen LogP contribution in [0.2, 0.25) is 0 Å². The topological polar surface area (TPSA) is 6.48 Å². The number of nitrogens with zero attached hydrogens (tertiary/aromatic N) is 2. The van der Waals surface area contributed by atoms with Gasteiger partial charge >= 0.3 is 5.51 Å². The molecule has 2 rings (SSSR count). The lowest BCUT2D eigenvalue weighted by Gasteiger charge is -2.37. The van der Waals surface area contributed by atoms with Gasteiger partial charge in [-0.25, -0.2) is 0 Å². The summed E-state index contributed by atoms with van der Waals surface area (Å²) in [4.78, 5) is 4.64. The number of rotatable bonds is 3. The zero-order chi connectivity index (χ0) is 11.6. The lowest BCUT2D eigenvalue weighted by molar-refractivity contribution is -0.0329. The van der Waals surface area contributed by atoms with E-state index in [1.165, 1.54) is 19.4 Å². The number of fused-ring (bicyclic) bond motifs is 1. The van der Waals surface area contributed by atoms with E-state index in [1.807, 2.05) is 0 Å². The summed E-state index contributed by atoms with van der Waals surface area (Å²) < 4.78 is 35.9. The second-order valence-electron chi connectivity index (χ2n) is 4.43. The maximum absolute atomic E-state index is 12.0. The third kappa shape index (κ3) is 3.53. The van der Waals surface area contributed by atoms with Crippen molar-refractivity contribution in [1.29, 1.82) is 0 Å². The van der Waals surface area contributed by atoms with E-state index in [2.05, 4.69) is 9.80 Å². The molecule has 0 aromatic rings. The van der Waals surface area contributed by atoms with Crippen LogP contribution in [0, 0.1) is 0 Å². The van der Waals surface area contributed by atoms with Gasteiger partial charge < -0.3 is 0 Å². The average molecular weight is 254 g/mol. The Balaban J connectivity index is 1.67. The molecule has 0 spiro atoms. The molecule has 2 saturated heterocycles. The van der Waals surface area contributed by atoms with E-state index in [-0.39, 0.29) is 17.5 Å². The van der Waals surface area contributed by atoms with Crippen LogP contribution in [0.1, 0.15) is 12.8 Å². The third-order valence-corrected chi connectivity index (χ3v) is 4.06. The highest BCUT2D eigenvalue weighted by Crippen LogP contribution is 2.30. The van der Waals surface area contributed by atoms with Crippen molar-refractivity contribution in [2.75, 3.05) is 38.5 Å². The normalized spacial score (nSPS) is 28.3. The quantitative estimate of drug-likeness (QED) is 0.761. The number of alkyl halides is 3. The van der Waals surface area contributed by atoms with Crippen molar-refractivity contribution in [3.63, 3.8) is 0 Å². The molecule has 0 radical (unpaired) electrons. The molecule has 0 aromatic carbocycles. The van der Waals surface area contributed by atoms with E-state index in [4.69, 9.17) is 0 Å². The van der Waals surface area contributed by atoms with Gasteiger partial charge in [-0.1, -0.05) is 0 Å². The number of thioether (sulfide) groups is 1. The SMILES string of the molecule is FC(F)(F)SCCN1CCN2CCCC2C1. The molecule has 0 bridgehead atoms. The molecule has 1 atom stereocenters. The van der Waals surface area contributed by atoms with E-state index >= 15 is 0 Å². The second-order valence-corrected chi connectivity index (χ2v) is 5.59. The number of hydrogen-bond acceptors (Lipinski definition) is 3. The van der Waals surface area contributed by atoms with Gasteiger partial charge in [-0.2, -0.15) is 13.2 Å². The van der Waals surface area contributed by atoms with Crippen molar-refractivity contribution in [3.05, 3.63) is 0 Å². The van der Waals surface area contributed by atoms with E-state index in [0.29, 0.717) is 12.6 Å². The van der Waals surface area contributed by atoms with Gasteiger partial charge in [-0.05, 0) is 31.1 Å². The molecule has 0 aliphatic carbocycles. The third-order valence-electron chi connectivity index (χ3n) is 3.34. The van der Waals surface area contributed by atoms with Crippen LogP contribution in [0.3, 0.4) is 0 Å². The van der Waals surface area contributed by atoms with Gasteiger partial charge in [0, 0.05) is 38.0 Å². The highest BCUT2D eigenvalue weighted by molar-refractivity contribution is 8.00. The molecule has 2 heterocycles. The fraction of sp³-hybridized carbons (Fsp3) is 1.00. The van der Waals surface area contributed by atoms with Crippen LogP contribution >= 0.6 is 11.8 Å². The Hall–Kier alpha value is 0.0600. The fourth-order valence-corrected chi connectivity index (χ4v) is 3.13. The molecule has 2 nitrogen and oxygen atoms in total. The molecule has 1 unspecified atom stereocenters. The number of hydrogen-bond donors (Lipinski definition) is 0. The molecule has 0 N–H and O–H groups in total. The van der Waals surface area contributed by atoms with Crippen molar-refractivity contribution in [2.45, 2.75) is 24.4 Å². The first-order valence-electron chi connectivity index (χ1n) is 5.72. The smallest absolute Gasteiger partial charge is 0.300 e. The summed E-state index contributed by atoms with van der Waals surface area (Å²) in [5.74, 6) is 0.163. The first kappa shape index (κ1) is 12.5. The summed E-state index contributed by atoms with van der Waals surface area (Å²) in [7, 11) is 0. The Morgan fingerprint density at radius 3 is 2.75 bits per heavy atom. The Morgan fingerprint density at radius 1 is 1.19 bits per heavy atom. The summed E-state index contributed by atoms with van der Waals surface area (Å²) in [6.07, 6.45) is 2.46. The standard InChI is InChI=1S/C10H17F3N2S/c11-10(12,13)16-7-6-14-4-5-15-3-1-2-9(15)8-14/h9H,1-8H2. The minimum Gasteiger partial charge on any atom is -0.300 e. The van der Waals surface area contributed by atoms with Gasteiger partial charge in [0.05, 0.1) is 0 Å². The largest absolute Gasteiger partial charge is 0.441 e. The highest BCUT2D eigenvalue weighted by Gasteiger charge is 2.31. The van der Waals surface area contributed by atoms with Gasteiger partial charge in [-0.15, -0.1) is 0 Å². The Labute approximate surface area is 98.2 Å². The molecule has 0 saturated carbocycles. The minimum atomic E-state index is -4.07. The van der Waals surface area contributed by atoms with Crippen LogP contribution in [0.15, 0.2) is 0 Å². The highest BCUT2D eigenvalue weighted by atomic mass is 32.2. The predicted molar refractivity (Wildman–Crippen MR) is 59.5 cm³/mol. The fourth-order valence-electron chi connectivity index (χ4n) is 2.55. The average Bonchev–Trinajstić information content (AvgIpc) is 2.62. The Bertz CT molecular complexity index is 235. The summed E-state index contributed by atoms with van der Waals surface area (Å²) in [5, 5.41) is 0. The van der Waals surface area contributed by atoms with E-state index < -0.39 is 5.51 Å². The molecule has 94 valence electrons. The summed E-state index contributed by atoms with van der Waals surface area (Å²) >= 11 is 0.0972. The van der Waals surface area contributed by atoms with Gasteiger partial charge in [-0.3, -0.25) is 9.80 Å². The van der Waals surface area contributed by atoms with Crippen LogP contribution in [-0.2, 0) is 0 Å². The molecular formula is C10H17F3N2S. The van der Waals surface area contributed by atoms with Crippen molar-refractivity contribution in [2.24, 2.45) is 0 Å². The zero-order valence-electron chi connectivity index (χ0n) is 9.17. The van der Waals surface area contributed by atoms with Gasteiger partial charge in [0.2, 0.25) is 0 Å². The molecule has 6 heteroatoms. The van der Waals surface area contributed by atoms with Crippen LogP contribution in [0.5, 0.6) is 0 Å². The van der Waals surface area contributed by atoms with Gasteiger partial charge in [0.1, 0.15) is 0 Å². The molecule has 0 amide bonds. The minimum absolute atomic E-state index is 0.0972. The molecule has 0 aromatic heterocycles. The molecule has 2 fully saturated rings. The molecule has 2 aliphatic rings. The predicted octanol–water partition coefficient (Wildman–Crippen LogP) is 2.02. The lowest BCUT2D eigenvalue weighted by Crippen LogP contribution is -2.50. The van der Waals surface area contributed by atoms with Gasteiger partial charge in [0.25, 0.3) is 0 Å². The Kier molecular flexibility index (Phi) is 4.02. The summed E-state index contributed by atoms with van der Waals surface area (Å²) in [5.41, 5.74) is -4.07. The molecule has 2 aliphatic heterocycles. The second kappa shape index (κ2) is 5.14. The van der Waals surface area contributed by atoms with Crippen molar-refractivity contribution in [3.8, 4) is 0 Å². The van der Waals surface area contributed by atoms with Crippen LogP contribution in [0.25, 0.3) is 0 Å². The zero-order valence-corrected chi connectivity index (χ0v) is 9.99. The lowest BCUT2D eigenvalue weighted by atomic mass is 10.1. The van der Waals surface area contributed by atoms with Crippen molar-refractivity contribution < 1.29 is 13.2 Å². The summed E-state index contributed by atoms with van der Waals surface area (Å²) in [6.45, 7) is 4.65. The van der Waals surface area contributed by atoms with Crippen LogP contribution in [-0.4, -0.2) is 59.8 Å². The summed E-state index contributed by atoms with van der Waals surface area (Å²) in [6, 6.07) is 0.602. The van der Waals surface area contributed by atoms with E-state index in [9.17, 15) is 13.2 Å². The first-order valence-corrected chi connectivity index (χ1v) is 6.70. The first-order chi connectivity index (χ1) is 7.54. The van der Waals surface area contributed by atoms with E-state index in [1.54, 1.807) is 0 Å². The number of halogens is 3. The van der Waals surface area contributed by atoms with Crippen LogP contribution < -0.4 is 0 Å². The monoisotopic (exact) mass is 254 g/mol. The Morgan fingerprint density at radius 2 is 2.00 bits per heavy atom. The van der Waals surface area contributed by atoms with Gasteiger partial charge in [0.15, 0.2) is 0 Å². The molecule has 16 heavy (non-hydrogen) atoms. The maximum Gasteiger partial charge on any atom is 0.441 e.